The Labute approximate surface area is 221 Å². The first kappa shape index (κ1) is 26.1. The molecule has 0 spiro atoms. The highest BCUT2D eigenvalue weighted by atomic mass is 35.5. The fraction of sp³-hybridized carbons (Fsp3) is 0.333. The molecule has 2 nitrogen and oxygen atoms in total. The van der Waals surface area contributed by atoms with Crippen molar-refractivity contribution in [2.24, 2.45) is 0 Å². The predicted octanol–water partition coefficient (Wildman–Crippen LogP) is 9.27. The molecule has 36 heavy (non-hydrogen) atoms. The molecule has 0 saturated heterocycles. The Morgan fingerprint density at radius 1 is 0.750 bits per heavy atom. The van der Waals surface area contributed by atoms with Crippen molar-refractivity contribution in [3.63, 3.8) is 0 Å². The number of benzene rings is 4. The molecule has 4 aromatic rings. The fourth-order valence-electron chi connectivity index (χ4n) is 4.68. The number of rotatable bonds is 7. The standard InChI is InChI=1S/C33H38ClNO/c1-32(2,3)30-21-24-11-9-8-10-23(24)20-28(30)29-22-27(35(6)7)16-17-31(29)36-19-18-33(4,5)25-12-14-26(34)15-13-25/h8-17,20-22H,18-19H2,1-7H3. The topological polar surface area (TPSA) is 12.5 Å². The van der Waals surface area contributed by atoms with Crippen LogP contribution in [0.15, 0.2) is 78.9 Å². The third kappa shape index (κ3) is 5.71. The van der Waals surface area contributed by atoms with E-state index in [-0.39, 0.29) is 10.8 Å². The van der Waals surface area contributed by atoms with Crippen LogP contribution in [0.1, 0.15) is 52.2 Å². The van der Waals surface area contributed by atoms with Gasteiger partial charge in [-0.25, -0.2) is 0 Å². The third-order valence-electron chi connectivity index (χ3n) is 7.07. The van der Waals surface area contributed by atoms with E-state index in [1.165, 1.54) is 27.5 Å². The number of halogens is 1. The number of nitrogens with zero attached hydrogens (tertiary/aromatic N) is 1. The van der Waals surface area contributed by atoms with Gasteiger partial charge in [-0.1, -0.05) is 88.7 Å². The molecule has 188 valence electrons. The average molecular weight is 500 g/mol. The summed E-state index contributed by atoms with van der Waals surface area (Å²) in [6.07, 6.45) is 0.896. The van der Waals surface area contributed by atoms with Crippen molar-refractivity contribution in [1.82, 2.24) is 0 Å². The van der Waals surface area contributed by atoms with Crippen LogP contribution in [0.4, 0.5) is 5.69 Å². The maximum absolute atomic E-state index is 6.54. The minimum absolute atomic E-state index is 0.0126. The zero-order valence-corrected chi connectivity index (χ0v) is 23.4. The van der Waals surface area contributed by atoms with E-state index in [1.807, 2.05) is 12.1 Å². The Hall–Kier alpha value is -2.97. The molecule has 0 heterocycles. The Morgan fingerprint density at radius 2 is 1.39 bits per heavy atom. The van der Waals surface area contributed by atoms with Crippen molar-refractivity contribution in [1.29, 1.82) is 0 Å². The predicted molar refractivity (Wildman–Crippen MR) is 157 cm³/mol. The quantitative estimate of drug-likeness (QED) is 0.251. The second-order valence-corrected chi connectivity index (χ2v) is 12.0. The molecule has 0 radical (unpaired) electrons. The smallest absolute Gasteiger partial charge is 0.127 e. The van der Waals surface area contributed by atoms with Gasteiger partial charge in [-0.2, -0.15) is 0 Å². The lowest BCUT2D eigenvalue weighted by Gasteiger charge is -2.27. The number of fused-ring (bicyclic) bond motifs is 1. The molecule has 0 aromatic heterocycles. The summed E-state index contributed by atoms with van der Waals surface area (Å²) in [5.74, 6) is 0.924. The first-order chi connectivity index (χ1) is 17.0. The van der Waals surface area contributed by atoms with E-state index in [0.717, 1.165) is 28.4 Å². The maximum atomic E-state index is 6.54. The van der Waals surface area contributed by atoms with E-state index in [1.54, 1.807) is 0 Å². The Kier molecular flexibility index (Phi) is 7.38. The lowest BCUT2D eigenvalue weighted by Crippen LogP contribution is -2.20. The molecule has 3 heteroatoms. The van der Waals surface area contributed by atoms with Gasteiger partial charge in [-0.15, -0.1) is 0 Å². The van der Waals surface area contributed by atoms with Gasteiger partial charge in [0.2, 0.25) is 0 Å². The van der Waals surface area contributed by atoms with Crippen LogP contribution < -0.4 is 9.64 Å². The summed E-state index contributed by atoms with van der Waals surface area (Å²) in [6.45, 7) is 12.0. The number of hydrogen-bond donors (Lipinski definition) is 0. The normalized spacial score (nSPS) is 12.1. The molecule has 0 N–H and O–H groups in total. The van der Waals surface area contributed by atoms with E-state index < -0.39 is 0 Å². The molecule has 0 bridgehead atoms. The molecular formula is C33H38ClNO. The minimum Gasteiger partial charge on any atom is -0.493 e. The maximum Gasteiger partial charge on any atom is 0.127 e. The molecular weight excluding hydrogens is 462 g/mol. The summed E-state index contributed by atoms with van der Waals surface area (Å²) < 4.78 is 6.54. The molecule has 0 amide bonds. The van der Waals surface area contributed by atoms with Gasteiger partial charge in [0, 0.05) is 30.4 Å². The van der Waals surface area contributed by atoms with Crippen molar-refractivity contribution in [2.45, 2.75) is 51.9 Å². The van der Waals surface area contributed by atoms with Crippen molar-refractivity contribution < 1.29 is 4.74 Å². The van der Waals surface area contributed by atoms with Gasteiger partial charge in [0.1, 0.15) is 5.75 Å². The van der Waals surface area contributed by atoms with Crippen LogP contribution in [0, 0.1) is 0 Å². The van der Waals surface area contributed by atoms with Crippen LogP contribution >= 0.6 is 11.6 Å². The minimum atomic E-state index is -0.0200. The highest BCUT2D eigenvalue weighted by molar-refractivity contribution is 6.30. The molecule has 0 aliphatic rings. The zero-order valence-electron chi connectivity index (χ0n) is 22.7. The van der Waals surface area contributed by atoms with Crippen LogP contribution in [0.25, 0.3) is 21.9 Å². The van der Waals surface area contributed by atoms with Gasteiger partial charge in [0.05, 0.1) is 6.61 Å². The summed E-state index contributed by atoms with van der Waals surface area (Å²) in [4.78, 5) is 2.15. The summed E-state index contributed by atoms with van der Waals surface area (Å²) in [5, 5.41) is 3.27. The number of anilines is 1. The molecule has 4 rings (SSSR count). The molecule has 0 saturated carbocycles. The SMILES string of the molecule is CN(C)c1ccc(OCCC(C)(C)c2ccc(Cl)cc2)c(-c2cc3ccccc3cc2C(C)(C)C)c1. The van der Waals surface area contributed by atoms with Gasteiger partial charge < -0.3 is 9.64 Å². The van der Waals surface area contributed by atoms with E-state index in [9.17, 15) is 0 Å². The van der Waals surface area contributed by atoms with E-state index in [0.29, 0.717) is 6.61 Å². The Bertz CT molecular complexity index is 1350. The molecule has 0 atom stereocenters. The fourth-order valence-corrected chi connectivity index (χ4v) is 4.80. The van der Waals surface area contributed by atoms with Crippen LogP contribution in [-0.2, 0) is 10.8 Å². The summed E-state index contributed by atoms with van der Waals surface area (Å²) in [6, 6.07) is 28.0. The van der Waals surface area contributed by atoms with Gasteiger partial charge in [-0.3, -0.25) is 0 Å². The van der Waals surface area contributed by atoms with Crippen LogP contribution in [-0.4, -0.2) is 20.7 Å². The van der Waals surface area contributed by atoms with Crippen molar-refractivity contribution in [3.05, 3.63) is 95.0 Å². The van der Waals surface area contributed by atoms with Gasteiger partial charge >= 0.3 is 0 Å². The largest absolute Gasteiger partial charge is 0.493 e. The van der Waals surface area contributed by atoms with Gasteiger partial charge in [-0.05, 0) is 81.1 Å². The van der Waals surface area contributed by atoms with Crippen LogP contribution in [0.5, 0.6) is 5.75 Å². The number of ether oxygens (including phenoxy) is 1. The van der Waals surface area contributed by atoms with Gasteiger partial charge in [0.15, 0.2) is 0 Å². The lowest BCUT2D eigenvalue weighted by molar-refractivity contribution is 0.273. The number of hydrogen-bond acceptors (Lipinski definition) is 2. The molecule has 0 aliphatic carbocycles. The molecule has 0 fully saturated rings. The zero-order chi connectivity index (χ0) is 26.1. The van der Waals surface area contributed by atoms with E-state index in [4.69, 9.17) is 16.3 Å². The summed E-state index contributed by atoms with van der Waals surface area (Å²) >= 11 is 6.11. The van der Waals surface area contributed by atoms with Gasteiger partial charge in [0.25, 0.3) is 0 Å². The molecule has 0 unspecified atom stereocenters. The van der Waals surface area contributed by atoms with Crippen molar-refractivity contribution in [2.75, 3.05) is 25.6 Å². The lowest BCUT2D eigenvalue weighted by atomic mass is 9.80. The monoisotopic (exact) mass is 499 g/mol. The van der Waals surface area contributed by atoms with Crippen LogP contribution in [0.2, 0.25) is 5.02 Å². The summed E-state index contributed by atoms with van der Waals surface area (Å²) in [7, 11) is 4.17. The second kappa shape index (κ2) is 10.2. The van der Waals surface area contributed by atoms with Crippen molar-refractivity contribution >= 4 is 28.1 Å². The van der Waals surface area contributed by atoms with Crippen LogP contribution in [0.3, 0.4) is 0 Å². The van der Waals surface area contributed by atoms with E-state index >= 15 is 0 Å². The first-order valence-corrected chi connectivity index (χ1v) is 13.1. The highest BCUT2D eigenvalue weighted by Crippen LogP contribution is 2.42. The highest BCUT2D eigenvalue weighted by Gasteiger charge is 2.24. The summed E-state index contributed by atoms with van der Waals surface area (Å²) in [5.41, 5.74) is 6.09. The average Bonchev–Trinajstić information content (AvgIpc) is 2.83. The molecule has 4 aromatic carbocycles. The van der Waals surface area contributed by atoms with Crippen molar-refractivity contribution in [3.8, 4) is 16.9 Å². The van der Waals surface area contributed by atoms with E-state index in [2.05, 4.69) is 120 Å². The second-order valence-electron chi connectivity index (χ2n) is 11.6. The third-order valence-corrected chi connectivity index (χ3v) is 7.33. The molecule has 0 aliphatic heterocycles. The first-order valence-electron chi connectivity index (χ1n) is 12.7. The Balaban J connectivity index is 1.73. The Morgan fingerprint density at radius 3 is 2.00 bits per heavy atom.